The number of hydrogen-bond acceptors (Lipinski definition) is 4. The molecule has 0 spiro atoms. The molecule has 1 aliphatic rings. The van der Waals surface area contributed by atoms with Gasteiger partial charge in [-0.05, 0) is 39.0 Å². The number of halogens is 8. The van der Waals surface area contributed by atoms with Crippen LogP contribution in [0.25, 0.3) is 0 Å². The Labute approximate surface area is 252 Å². The Kier molecular flexibility index (Phi) is 297. The summed E-state index contributed by atoms with van der Waals surface area (Å²) in [5.74, 6) is 0. The van der Waals surface area contributed by atoms with Crippen molar-refractivity contribution in [3.63, 3.8) is 0 Å². The Morgan fingerprint density at radius 2 is 0.393 bits per heavy atom. The van der Waals surface area contributed by atoms with E-state index in [-0.39, 0.29) is 169 Å². The highest BCUT2D eigenvalue weighted by Gasteiger charge is 1.93. The molecule has 0 saturated carbocycles. The number of hydrogen-bond donors (Lipinski definition) is 4. The summed E-state index contributed by atoms with van der Waals surface area (Å²) in [6, 6.07) is 0. The van der Waals surface area contributed by atoms with E-state index in [1.165, 1.54) is 12.8 Å². The summed E-state index contributed by atoms with van der Waals surface area (Å²) in [4.78, 5) is 0. The van der Waals surface area contributed by atoms with E-state index in [1.807, 2.05) is 0 Å². The Morgan fingerprint density at radius 3 is 0.607 bits per heavy atom. The van der Waals surface area contributed by atoms with Crippen LogP contribution >= 0.6 is 136 Å². The van der Waals surface area contributed by atoms with Gasteiger partial charge in [0.2, 0.25) is 0 Å². The standard InChI is InChI=1S/C10H24N4.8BrH.6H2O/c1-3-11-4-2-6-13-8-10-14-9-7-12-5-1;;;;;;;;;;;;;;/h11-14H,1-10H2;8*1H;6*1H2. The molecule has 0 atom stereocenters. The first kappa shape index (κ1) is 95.8. The predicted octanol–water partition coefficient (Wildman–Crippen LogP) is -1.19. The molecule has 1 saturated heterocycles. The van der Waals surface area contributed by atoms with E-state index in [2.05, 4.69) is 21.3 Å². The third-order valence-corrected chi connectivity index (χ3v) is 2.37. The minimum Gasteiger partial charge on any atom is -0.412 e. The van der Waals surface area contributed by atoms with Gasteiger partial charge in [0.15, 0.2) is 0 Å². The van der Waals surface area contributed by atoms with Gasteiger partial charge in [0.25, 0.3) is 0 Å². The summed E-state index contributed by atoms with van der Waals surface area (Å²) in [6.45, 7) is 8.87. The number of rotatable bonds is 0. The first-order chi connectivity index (χ1) is 7.00. The van der Waals surface area contributed by atoms with Crippen molar-refractivity contribution in [2.45, 2.75) is 12.8 Å². The molecule has 18 heteroatoms. The lowest BCUT2D eigenvalue weighted by molar-refractivity contribution is 0.530. The smallest absolute Gasteiger partial charge is 0.00772 e. The molecule has 0 radical (unpaired) electrons. The Morgan fingerprint density at radius 1 is 0.250 bits per heavy atom. The maximum absolute atomic E-state index is 3.44. The lowest BCUT2D eigenvalue weighted by Gasteiger charge is -2.10. The summed E-state index contributed by atoms with van der Waals surface area (Å²) in [5.41, 5.74) is 0. The van der Waals surface area contributed by atoms with Crippen LogP contribution in [0.4, 0.5) is 0 Å². The van der Waals surface area contributed by atoms with Crippen molar-refractivity contribution in [1.29, 1.82) is 0 Å². The highest BCUT2D eigenvalue weighted by atomic mass is 79.9. The van der Waals surface area contributed by atoms with Crippen LogP contribution in [0.3, 0.4) is 0 Å². The first-order valence-corrected chi connectivity index (χ1v) is 5.83. The van der Waals surface area contributed by atoms with Gasteiger partial charge in [0.1, 0.15) is 0 Å². The highest BCUT2D eigenvalue weighted by Crippen LogP contribution is 1.77. The second kappa shape index (κ2) is 86.7. The van der Waals surface area contributed by atoms with E-state index < -0.39 is 0 Å². The fourth-order valence-corrected chi connectivity index (χ4v) is 1.53. The molecule has 0 aromatic rings. The van der Waals surface area contributed by atoms with Crippen molar-refractivity contribution in [1.82, 2.24) is 21.3 Å². The van der Waals surface area contributed by atoms with E-state index in [9.17, 15) is 0 Å². The van der Waals surface area contributed by atoms with Crippen molar-refractivity contribution in [3.05, 3.63) is 0 Å². The van der Waals surface area contributed by atoms with Gasteiger partial charge in [-0.25, -0.2) is 0 Å². The molecule has 10 nitrogen and oxygen atoms in total. The maximum Gasteiger partial charge on any atom is 0.00772 e. The Balaban J connectivity index is -0.0000000117. The predicted molar refractivity (Wildman–Crippen MR) is 165 cm³/mol. The van der Waals surface area contributed by atoms with Crippen LogP contribution in [0.1, 0.15) is 12.8 Å². The second-order valence-electron chi connectivity index (χ2n) is 3.71. The largest absolute Gasteiger partial charge is 0.412 e. The van der Waals surface area contributed by atoms with Crippen molar-refractivity contribution in [3.8, 4) is 0 Å². The van der Waals surface area contributed by atoms with Gasteiger partial charge in [0.05, 0.1) is 0 Å². The average molecular weight is 956 g/mol. The van der Waals surface area contributed by atoms with Crippen LogP contribution < -0.4 is 21.3 Å². The minimum atomic E-state index is 0. The molecule has 1 rings (SSSR count). The zero-order valence-corrected chi connectivity index (χ0v) is 29.0. The zero-order chi connectivity index (χ0) is 9.90. The lowest BCUT2D eigenvalue weighted by Crippen LogP contribution is -2.35. The molecular formula is C10H44Br8N4O6. The first-order valence-electron chi connectivity index (χ1n) is 5.83. The van der Waals surface area contributed by atoms with Crippen molar-refractivity contribution in [2.24, 2.45) is 0 Å². The third kappa shape index (κ3) is 78.3. The summed E-state index contributed by atoms with van der Waals surface area (Å²) in [5, 5.41) is 13.7. The summed E-state index contributed by atoms with van der Waals surface area (Å²) in [6.07, 6.45) is 2.46. The second-order valence-corrected chi connectivity index (χ2v) is 3.71. The van der Waals surface area contributed by atoms with Crippen LogP contribution in [0.2, 0.25) is 0 Å². The maximum atomic E-state index is 3.44. The van der Waals surface area contributed by atoms with Gasteiger partial charge in [-0.1, -0.05) is 0 Å². The van der Waals surface area contributed by atoms with E-state index >= 15 is 0 Å². The van der Waals surface area contributed by atoms with E-state index in [4.69, 9.17) is 0 Å². The normalized spacial score (nSPS) is 12.0. The van der Waals surface area contributed by atoms with Crippen LogP contribution in [-0.4, -0.2) is 85.2 Å². The van der Waals surface area contributed by atoms with Crippen LogP contribution in [0.5, 0.6) is 0 Å². The van der Waals surface area contributed by atoms with Gasteiger partial charge in [-0.15, -0.1) is 136 Å². The monoisotopic (exact) mass is 948 g/mol. The molecule has 0 aliphatic carbocycles. The molecule has 28 heavy (non-hydrogen) atoms. The molecule has 1 aliphatic heterocycles. The molecule has 0 bridgehead atoms. The SMILES string of the molecule is Br.Br.Br.Br.Br.Br.Br.Br.C1CNCCCNCCNCCNC1.O.O.O.O.O.O. The van der Waals surface area contributed by atoms with Crippen molar-refractivity contribution >= 4 is 136 Å². The fourth-order valence-electron chi connectivity index (χ4n) is 1.53. The van der Waals surface area contributed by atoms with Crippen molar-refractivity contribution in [2.75, 3.05) is 52.4 Å². The average Bonchev–Trinajstić information content (AvgIpc) is 2.22. The molecule has 0 unspecified atom stereocenters. The molecule has 16 N–H and O–H groups in total. The van der Waals surface area contributed by atoms with Gasteiger partial charge >= 0.3 is 0 Å². The highest BCUT2D eigenvalue weighted by molar-refractivity contribution is 8.93. The molecule has 1 heterocycles. The quantitative estimate of drug-likeness (QED) is 0.235. The summed E-state index contributed by atoms with van der Waals surface area (Å²) in [7, 11) is 0. The Hall–Kier alpha value is 3.44. The molecule has 1 fully saturated rings. The lowest BCUT2D eigenvalue weighted by atomic mass is 10.3. The molecular weight excluding hydrogens is 911 g/mol. The van der Waals surface area contributed by atoms with E-state index in [0.29, 0.717) is 0 Å². The van der Waals surface area contributed by atoms with Crippen molar-refractivity contribution < 1.29 is 32.9 Å². The van der Waals surface area contributed by atoms with Crippen LogP contribution in [-0.2, 0) is 0 Å². The number of nitrogens with one attached hydrogen (secondary N) is 4. The van der Waals surface area contributed by atoms with Gasteiger partial charge in [-0.3, -0.25) is 0 Å². The summed E-state index contributed by atoms with van der Waals surface area (Å²) < 4.78 is 0. The third-order valence-electron chi connectivity index (χ3n) is 2.37. The molecule has 0 aromatic carbocycles. The van der Waals surface area contributed by atoms with Gasteiger partial charge in [-0.2, -0.15) is 0 Å². The summed E-state index contributed by atoms with van der Waals surface area (Å²) >= 11 is 0. The zero-order valence-electron chi connectivity index (χ0n) is 15.3. The molecule has 196 valence electrons. The molecule has 0 amide bonds. The fraction of sp³-hybridized carbons (Fsp3) is 1.00. The Bertz CT molecular complexity index is 107. The van der Waals surface area contributed by atoms with E-state index in [1.54, 1.807) is 0 Å². The topological polar surface area (TPSA) is 237 Å². The molecule has 0 aromatic heterocycles. The van der Waals surface area contributed by atoms with Gasteiger partial charge in [0, 0.05) is 26.2 Å². The van der Waals surface area contributed by atoms with Gasteiger partial charge < -0.3 is 54.1 Å². The van der Waals surface area contributed by atoms with Crippen LogP contribution in [0.15, 0.2) is 0 Å². The minimum absolute atomic E-state index is 0. The van der Waals surface area contributed by atoms with E-state index in [0.717, 1.165) is 52.4 Å². The van der Waals surface area contributed by atoms with Crippen LogP contribution in [0, 0.1) is 0 Å².